The molecule has 0 aromatic heterocycles. The number of ether oxygens (including phenoxy) is 1. The molecule has 3 saturated heterocycles. The van der Waals surface area contributed by atoms with Gasteiger partial charge in [0.25, 0.3) is 5.91 Å². The van der Waals surface area contributed by atoms with E-state index in [-0.39, 0.29) is 30.4 Å². The van der Waals surface area contributed by atoms with Crippen molar-refractivity contribution in [3.05, 3.63) is 108 Å². The average molecular weight is 611 g/mol. The molecule has 0 aliphatic carbocycles. The summed E-state index contributed by atoms with van der Waals surface area (Å²) in [4.78, 5) is 43.3. The summed E-state index contributed by atoms with van der Waals surface area (Å²) in [6.07, 6.45) is 2.19. The first-order valence-corrected chi connectivity index (χ1v) is 16.0. The van der Waals surface area contributed by atoms with Gasteiger partial charge in [0.15, 0.2) is 6.10 Å². The Bertz CT molecular complexity index is 1460. The summed E-state index contributed by atoms with van der Waals surface area (Å²) in [6, 6.07) is 30.1. The van der Waals surface area contributed by atoms with Crippen LogP contribution in [-0.4, -0.2) is 96.2 Å². The molecule has 3 fully saturated rings. The number of hydrogen-bond donors (Lipinski definition) is 2. The monoisotopic (exact) mass is 610 g/mol. The van der Waals surface area contributed by atoms with Crippen LogP contribution in [0.1, 0.15) is 47.2 Å². The second-order valence-electron chi connectivity index (χ2n) is 12.6. The molecule has 45 heavy (non-hydrogen) atoms. The molecule has 2 atom stereocenters. The lowest BCUT2D eigenvalue weighted by atomic mass is 9.71. The fraction of sp³-hybridized carbons (Fsp3) is 0.417. The van der Waals surface area contributed by atoms with Crippen molar-refractivity contribution in [3.8, 4) is 0 Å². The number of nitrogens with zero attached hydrogens (tertiary/aromatic N) is 3. The van der Waals surface area contributed by atoms with E-state index in [2.05, 4.69) is 34.6 Å². The molecule has 9 heteroatoms. The number of hydrazine groups is 1. The number of amides is 2. The number of benzene rings is 3. The van der Waals surface area contributed by atoms with Gasteiger partial charge in [0.2, 0.25) is 5.91 Å². The Morgan fingerprint density at radius 1 is 0.800 bits per heavy atom. The van der Waals surface area contributed by atoms with Gasteiger partial charge >= 0.3 is 5.97 Å². The zero-order valence-corrected chi connectivity index (χ0v) is 25.6. The van der Waals surface area contributed by atoms with E-state index in [9.17, 15) is 19.5 Å². The van der Waals surface area contributed by atoms with Crippen LogP contribution in [0.3, 0.4) is 0 Å². The quantitative estimate of drug-likeness (QED) is 0.381. The molecule has 3 heterocycles. The van der Waals surface area contributed by atoms with Crippen molar-refractivity contribution in [3.63, 3.8) is 0 Å². The zero-order chi connectivity index (χ0) is 31.3. The number of nitrogens with one attached hydrogen (secondary N) is 1. The Balaban J connectivity index is 1.14. The van der Waals surface area contributed by atoms with Gasteiger partial charge in [-0.1, -0.05) is 78.9 Å². The minimum absolute atomic E-state index is 0.0833. The molecular weight excluding hydrogens is 568 g/mol. The number of carboxylic acid groups (broad SMARTS) is 1. The summed E-state index contributed by atoms with van der Waals surface area (Å²) >= 11 is 0. The van der Waals surface area contributed by atoms with Gasteiger partial charge in [-0.15, -0.1) is 0 Å². The van der Waals surface area contributed by atoms with Gasteiger partial charge < -0.3 is 19.6 Å². The predicted octanol–water partition coefficient (Wildman–Crippen LogP) is 3.71. The maximum atomic E-state index is 14.0. The molecule has 0 bridgehead atoms. The summed E-state index contributed by atoms with van der Waals surface area (Å²) in [6.45, 7) is 4.62. The minimum atomic E-state index is -1.02. The zero-order valence-electron chi connectivity index (χ0n) is 25.6. The van der Waals surface area contributed by atoms with Crippen molar-refractivity contribution >= 4 is 17.8 Å². The Labute approximate surface area is 264 Å². The number of hydrogen-bond acceptors (Lipinski definition) is 6. The van der Waals surface area contributed by atoms with E-state index in [1.807, 2.05) is 71.6 Å². The van der Waals surface area contributed by atoms with Crippen LogP contribution in [0.25, 0.3) is 0 Å². The number of carbonyl (C=O) groups is 3. The highest BCUT2D eigenvalue weighted by Gasteiger charge is 2.45. The largest absolute Gasteiger partial charge is 0.479 e. The van der Waals surface area contributed by atoms with Crippen molar-refractivity contribution in [1.29, 1.82) is 0 Å². The summed E-state index contributed by atoms with van der Waals surface area (Å²) < 4.78 is 5.35. The van der Waals surface area contributed by atoms with Gasteiger partial charge in [0.1, 0.15) is 0 Å². The Morgan fingerprint density at radius 3 is 2.07 bits per heavy atom. The maximum absolute atomic E-state index is 14.0. The van der Waals surface area contributed by atoms with Gasteiger partial charge in [-0.25, -0.2) is 9.80 Å². The highest BCUT2D eigenvalue weighted by Crippen LogP contribution is 2.40. The summed E-state index contributed by atoms with van der Waals surface area (Å²) in [5.41, 5.74) is 5.20. The van der Waals surface area contributed by atoms with Crippen molar-refractivity contribution < 1.29 is 24.2 Å². The van der Waals surface area contributed by atoms with Gasteiger partial charge in [-0.05, 0) is 68.6 Å². The Kier molecular flexibility index (Phi) is 9.30. The van der Waals surface area contributed by atoms with E-state index < -0.39 is 17.5 Å². The second-order valence-corrected chi connectivity index (χ2v) is 12.6. The van der Waals surface area contributed by atoms with Crippen LogP contribution >= 0.6 is 0 Å². The first-order valence-electron chi connectivity index (χ1n) is 16.0. The van der Waals surface area contributed by atoms with E-state index in [1.54, 1.807) is 5.01 Å². The number of piperidine rings is 1. The second kappa shape index (κ2) is 13.5. The molecule has 0 radical (unpaired) electrons. The van der Waals surface area contributed by atoms with Crippen molar-refractivity contribution in [2.24, 2.45) is 0 Å². The molecule has 3 aliphatic rings. The van der Waals surface area contributed by atoms with Crippen LogP contribution in [0, 0.1) is 0 Å². The fourth-order valence-corrected chi connectivity index (χ4v) is 7.27. The summed E-state index contributed by atoms with van der Waals surface area (Å²) in [5.74, 6) is -1.03. The lowest BCUT2D eigenvalue weighted by Crippen LogP contribution is -2.59. The van der Waals surface area contributed by atoms with Crippen LogP contribution in [0.15, 0.2) is 91.0 Å². The van der Waals surface area contributed by atoms with Crippen LogP contribution in [0.4, 0.5) is 0 Å². The molecule has 2 N–H and O–H groups in total. The summed E-state index contributed by atoms with van der Waals surface area (Å²) in [5, 5.41) is 11.1. The third kappa shape index (κ3) is 6.66. The van der Waals surface area contributed by atoms with Crippen LogP contribution in [0.2, 0.25) is 0 Å². The highest BCUT2D eigenvalue weighted by molar-refractivity contribution is 5.94. The third-order valence-corrected chi connectivity index (χ3v) is 10.0. The van der Waals surface area contributed by atoms with Gasteiger partial charge in [0.05, 0.1) is 18.6 Å². The lowest BCUT2D eigenvalue weighted by molar-refractivity contribution is -0.160. The topological polar surface area (TPSA) is 102 Å². The number of likely N-dealkylation sites (tertiary alicyclic amines) is 2. The number of rotatable bonds is 9. The van der Waals surface area contributed by atoms with Gasteiger partial charge in [0, 0.05) is 30.6 Å². The first-order chi connectivity index (χ1) is 21.9. The highest BCUT2D eigenvalue weighted by atomic mass is 16.5. The average Bonchev–Trinajstić information content (AvgIpc) is 3.54. The predicted molar refractivity (Wildman–Crippen MR) is 171 cm³/mol. The third-order valence-electron chi connectivity index (χ3n) is 10.0. The van der Waals surface area contributed by atoms with Crippen molar-refractivity contribution in [2.75, 3.05) is 52.4 Å². The van der Waals surface area contributed by atoms with Crippen LogP contribution < -0.4 is 5.43 Å². The number of carboxylic acids is 1. The van der Waals surface area contributed by atoms with Crippen LogP contribution in [-0.2, 0) is 25.2 Å². The first kappa shape index (κ1) is 31.0. The van der Waals surface area contributed by atoms with E-state index in [0.29, 0.717) is 25.9 Å². The van der Waals surface area contributed by atoms with Crippen molar-refractivity contribution in [1.82, 2.24) is 20.2 Å². The standard InChI is InChI=1S/C36H42N4O5/c41-32(28-10-4-1-5-11-28)39-23-17-35(27-39,29-12-6-2-7-13-29)16-20-38-21-18-36(19-22-38,30-14-8-3-9-15-30)34(44)37-40-24-25-45-31(26-40)33(42)43/h1-15,31H,16-27H2,(H,37,44)(H,42,43). The Hall–Kier alpha value is -4.05. The number of aliphatic carboxylic acids is 1. The Morgan fingerprint density at radius 2 is 1.42 bits per heavy atom. The SMILES string of the molecule is O=C(O)C1CN(NC(=O)C2(c3ccccc3)CCN(CCC3(c4ccccc4)CCN(C(=O)c4ccccc4)C3)CC2)CCO1. The molecular formula is C36H42N4O5. The lowest BCUT2D eigenvalue weighted by Gasteiger charge is -2.43. The molecule has 2 amide bonds. The van der Waals surface area contributed by atoms with E-state index in [1.165, 1.54) is 5.56 Å². The van der Waals surface area contributed by atoms with Gasteiger partial charge in [-0.3, -0.25) is 15.0 Å². The molecule has 3 aromatic rings. The number of carbonyl (C=O) groups excluding carboxylic acids is 2. The number of morpholine rings is 1. The van der Waals surface area contributed by atoms with E-state index >= 15 is 0 Å². The molecule has 9 nitrogen and oxygen atoms in total. The molecule has 0 spiro atoms. The molecule has 0 saturated carbocycles. The normalized spacial score (nSPS) is 23.8. The van der Waals surface area contributed by atoms with E-state index in [0.717, 1.165) is 50.1 Å². The van der Waals surface area contributed by atoms with Crippen LogP contribution in [0.5, 0.6) is 0 Å². The molecule has 6 rings (SSSR count). The fourth-order valence-electron chi connectivity index (χ4n) is 7.27. The maximum Gasteiger partial charge on any atom is 0.334 e. The van der Waals surface area contributed by atoms with E-state index in [4.69, 9.17) is 4.74 Å². The van der Waals surface area contributed by atoms with Crippen molar-refractivity contribution in [2.45, 2.75) is 42.6 Å². The molecule has 3 aromatic carbocycles. The molecule has 2 unspecified atom stereocenters. The smallest absolute Gasteiger partial charge is 0.334 e. The molecule has 3 aliphatic heterocycles. The summed E-state index contributed by atoms with van der Waals surface area (Å²) in [7, 11) is 0. The minimum Gasteiger partial charge on any atom is -0.479 e. The molecule has 236 valence electrons. The van der Waals surface area contributed by atoms with Gasteiger partial charge in [-0.2, -0.15) is 0 Å².